The summed E-state index contributed by atoms with van der Waals surface area (Å²) in [4.78, 5) is 10.5. The number of benzene rings is 1. The molecule has 1 aliphatic rings. The van der Waals surface area contributed by atoms with Gasteiger partial charge in [0.05, 0.1) is 12.0 Å². The van der Waals surface area contributed by atoms with Gasteiger partial charge in [-0.1, -0.05) is 18.9 Å². The van der Waals surface area contributed by atoms with Crippen molar-refractivity contribution in [2.75, 3.05) is 7.11 Å². The zero-order valence-electron chi connectivity index (χ0n) is 11.4. The second-order valence-electron chi connectivity index (χ2n) is 5.22. The Balaban J connectivity index is 1.95. The fraction of sp³-hybridized carbons (Fsp3) is 0.571. The Morgan fingerprint density at radius 1 is 1.53 bits per heavy atom. The van der Waals surface area contributed by atoms with E-state index < -0.39 is 4.92 Å². The molecule has 19 heavy (non-hydrogen) atoms. The average molecular weight is 264 g/mol. The van der Waals surface area contributed by atoms with Crippen molar-refractivity contribution in [2.24, 2.45) is 5.92 Å². The molecule has 5 heteroatoms. The lowest BCUT2D eigenvalue weighted by Gasteiger charge is -2.13. The Bertz CT molecular complexity index is 458. The molecule has 1 fully saturated rings. The summed E-state index contributed by atoms with van der Waals surface area (Å²) in [6.45, 7) is 2.81. The van der Waals surface area contributed by atoms with Crippen LogP contribution >= 0.6 is 0 Å². The quantitative estimate of drug-likeness (QED) is 0.607. The highest BCUT2D eigenvalue weighted by atomic mass is 16.6. The minimum atomic E-state index is -0.407. The number of nitro benzene ring substituents is 1. The Morgan fingerprint density at radius 3 is 2.84 bits per heavy atom. The Hall–Kier alpha value is -1.62. The van der Waals surface area contributed by atoms with E-state index in [1.54, 1.807) is 12.1 Å². The lowest BCUT2D eigenvalue weighted by atomic mass is 10.1. The minimum Gasteiger partial charge on any atom is -0.490 e. The first kappa shape index (κ1) is 13.8. The standard InChI is InChI=1S/C14H20N2O3/c1-10(7-11-3-4-11)15-9-12-5-6-14(19-2)13(8-12)16(17)18/h5-6,8,10-11,15H,3-4,7,9H2,1-2H3. The lowest BCUT2D eigenvalue weighted by molar-refractivity contribution is -0.385. The number of rotatable bonds is 7. The molecule has 0 spiro atoms. The van der Waals surface area contributed by atoms with E-state index in [4.69, 9.17) is 4.74 Å². The third-order valence-electron chi connectivity index (χ3n) is 3.48. The molecule has 0 aliphatic heterocycles. The van der Waals surface area contributed by atoms with Crippen LogP contribution in [0.2, 0.25) is 0 Å². The Kier molecular flexibility index (Phi) is 4.37. The van der Waals surface area contributed by atoms with Crippen LogP contribution in [0.3, 0.4) is 0 Å². The summed E-state index contributed by atoms with van der Waals surface area (Å²) in [5.41, 5.74) is 0.937. The third-order valence-corrected chi connectivity index (χ3v) is 3.48. The van der Waals surface area contributed by atoms with Crippen molar-refractivity contribution in [1.29, 1.82) is 0 Å². The lowest BCUT2D eigenvalue weighted by Crippen LogP contribution is -2.25. The van der Waals surface area contributed by atoms with Crippen molar-refractivity contribution in [3.05, 3.63) is 33.9 Å². The third kappa shape index (κ3) is 3.92. The van der Waals surface area contributed by atoms with Gasteiger partial charge in [0.15, 0.2) is 5.75 Å². The van der Waals surface area contributed by atoms with Crippen molar-refractivity contribution in [3.8, 4) is 5.75 Å². The number of nitrogens with zero attached hydrogens (tertiary/aromatic N) is 1. The van der Waals surface area contributed by atoms with Gasteiger partial charge in [-0.25, -0.2) is 0 Å². The highest BCUT2D eigenvalue weighted by molar-refractivity contribution is 5.48. The van der Waals surface area contributed by atoms with Gasteiger partial charge in [-0.2, -0.15) is 0 Å². The zero-order chi connectivity index (χ0) is 13.8. The summed E-state index contributed by atoms with van der Waals surface area (Å²) in [7, 11) is 1.44. The highest BCUT2D eigenvalue weighted by Crippen LogP contribution is 2.33. The second-order valence-corrected chi connectivity index (χ2v) is 5.22. The molecule has 5 nitrogen and oxygen atoms in total. The highest BCUT2D eigenvalue weighted by Gasteiger charge is 2.23. The van der Waals surface area contributed by atoms with Gasteiger partial charge in [-0.15, -0.1) is 0 Å². The number of nitro groups is 1. The molecule has 0 saturated heterocycles. The van der Waals surface area contributed by atoms with E-state index in [9.17, 15) is 10.1 Å². The van der Waals surface area contributed by atoms with Crippen molar-refractivity contribution in [2.45, 2.75) is 38.8 Å². The first-order valence-corrected chi connectivity index (χ1v) is 6.65. The summed E-state index contributed by atoms with van der Waals surface area (Å²) >= 11 is 0. The molecule has 1 N–H and O–H groups in total. The molecular weight excluding hydrogens is 244 g/mol. The molecule has 1 aliphatic carbocycles. The number of nitrogens with one attached hydrogen (secondary N) is 1. The van der Waals surface area contributed by atoms with Crippen molar-refractivity contribution < 1.29 is 9.66 Å². The van der Waals surface area contributed by atoms with Gasteiger partial charge in [0.2, 0.25) is 0 Å². The van der Waals surface area contributed by atoms with E-state index in [-0.39, 0.29) is 5.69 Å². The van der Waals surface area contributed by atoms with Crippen LogP contribution in [0.4, 0.5) is 5.69 Å². The molecule has 0 heterocycles. The molecule has 1 saturated carbocycles. The largest absolute Gasteiger partial charge is 0.490 e. The molecule has 1 aromatic carbocycles. The first-order valence-electron chi connectivity index (χ1n) is 6.65. The van der Waals surface area contributed by atoms with Gasteiger partial charge < -0.3 is 10.1 Å². The molecule has 0 aromatic heterocycles. The SMILES string of the molecule is COc1ccc(CNC(C)CC2CC2)cc1[N+](=O)[O-]. The monoisotopic (exact) mass is 264 g/mol. The van der Waals surface area contributed by atoms with E-state index in [1.807, 2.05) is 6.07 Å². The molecular formula is C14H20N2O3. The van der Waals surface area contributed by atoms with E-state index in [0.29, 0.717) is 18.3 Å². The smallest absolute Gasteiger partial charge is 0.311 e. The molecule has 0 amide bonds. The van der Waals surface area contributed by atoms with Gasteiger partial charge in [-0.3, -0.25) is 10.1 Å². The molecule has 1 unspecified atom stereocenters. The first-order chi connectivity index (χ1) is 9.10. The van der Waals surface area contributed by atoms with E-state index in [2.05, 4.69) is 12.2 Å². The van der Waals surface area contributed by atoms with Crippen LogP contribution in [0.25, 0.3) is 0 Å². The minimum absolute atomic E-state index is 0.0247. The molecule has 104 valence electrons. The number of methoxy groups -OCH3 is 1. The second kappa shape index (κ2) is 6.02. The van der Waals surface area contributed by atoms with Crippen LogP contribution in [0.15, 0.2) is 18.2 Å². The maximum Gasteiger partial charge on any atom is 0.311 e. The summed E-state index contributed by atoms with van der Waals surface area (Å²) in [6.07, 6.45) is 3.89. The fourth-order valence-corrected chi connectivity index (χ4v) is 2.22. The Morgan fingerprint density at radius 2 is 2.26 bits per heavy atom. The number of hydrogen-bond donors (Lipinski definition) is 1. The van der Waals surface area contributed by atoms with Gasteiger partial charge in [-0.05, 0) is 30.9 Å². The molecule has 0 radical (unpaired) electrons. The summed E-state index contributed by atoms with van der Waals surface area (Å²) in [6, 6.07) is 5.55. The van der Waals surface area contributed by atoms with Gasteiger partial charge in [0, 0.05) is 18.7 Å². The number of ether oxygens (including phenoxy) is 1. The van der Waals surface area contributed by atoms with Crippen molar-refractivity contribution in [1.82, 2.24) is 5.32 Å². The summed E-state index contributed by atoms with van der Waals surface area (Å²) in [5, 5.41) is 14.3. The molecule has 2 rings (SSSR count). The van der Waals surface area contributed by atoms with E-state index in [0.717, 1.165) is 11.5 Å². The van der Waals surface area contributed by atoms with Crippen LogP contribution < -0.4 is 10.1 Å². The van der Waals surface area contributed by atoms with Crippen LogP contribution in [0.5, 0.6) is 5.75 Å². The van der Waals surface area contributed by atoms with Crippen LogP contribution in [-0.4, -0.2) is 18.1 Å². The summed E-state index contributed by atoms with van der Waals surface area (Å²) in [5.74, 6) is 1.19. The average Bonchev–Trinajstić information content (AvgIpc) is 3.19. The molecule has 1 atom stereocenters. The topological polar surface area (TPSA) is 64.4 Å². The Labute approximate surface area is 113 Å². The maximum atomic E-state index is 10.9. The van der Waals surface area contributed by atoms with E-state index in [1.165, 1.54) is 26.4 Å². The molecule has 0 bridgehead atoms. The zero-order valence-corrected chi connectivity index (χ0v) is 11.4. The van der Waals surface area contributed by atoms with Crippen LogP contribution in [0.1, 0.15) is 31.7 Å². The van der Waals surface area contributed by atoms with Gasteiger partial charge in [0.25, 0.3) is 0 Å². The van der Waals surface area contributed by atoms with Crippen LogP contribution in [0, 0.1) is 16.0 Å². The maximum absolute atomic E-state index is 10.9. The van der Waals surface area contributed by atoms with Gasteiger partial charge in [0.1, 0.15) is 0 Å². The predicted molar refractivity (Wildman–Crippen MR) is 73.3 cm³/mol. The predicted octanol–water partition coefficient (Wildman–Crippen LogP) is 2.88. The van der Waals surface area contributed by atoms with Crippen molar-refractivity contribution in [3.63, 3.8) is 0 Å². The van der Waals surface area contributed by atoms with E-state index >= 15 is 0 Å². The van der Waals surface area contributed by atoms with Crippen LogP contribution in [-0.2, 0) is 6.54 Å². The molecule has 1 aromatic rings. The van der Waals surface area contributed by atoms with Crippen molar-refractivity contribution >= 4 is 5.69 Å². The number of hydrogen-bond acceptors (Lipinski definition) is 4. The normalized spacial score (nSPS) is 16.1. The van der Waals surface area contributed by atoms with Gasteiger partial charge >= 0.3 is 5.69 Å². The fourth-order valence-electron chi connectivity index (χ4n) is 2.22. The summed E-state index contributed by atoms with van der Waals surface area (Å²) < 4.78 is 4.99.